The van der Waals surface area contributed by atoms with Gasteiger partial charge in [-0.25, -0.2) is 8.42 Å². The van der Waals surface area contributed by atoms with Crippen molar-refractivity contribution in [2.24, 2.45) is 0 Å². The van der Waals surface area contributed by atoms with Crippen LogP contribution in [0.25, 0.3) is 0 Å². The van der Waals surface area contributed by atoms with Gasteiger partial charge in [0.1, 0.15) is 11.8 Å². The SMILES string of the molecule is COC(=O)CN(C)C(=O)C(C)S(C)(=O)=O. The fourth-order valence-corrected chi connectivity index (χ4v) is 1.38. The van der Waals surface area contributed by atoms with Gasteiger partial charge in [0.25, 0.3) is 0 Å². The van der Waals surface area contributed by atoms with Gasteiger partial charge in [0.2, 0.25) is 5.91 Å². The second kappa shape index (κ2) is 5.11. The standard InChI is InChI=1S/C8H15NO5S/c1-6(15(4,12)13)8(11)9(2)5-7(10)14-3/h6H,5H2,1-4H3. The van der Waals surface area contributed by atoms with E-state index in [1.54, 1.807) is 0 Å². The minimum Gasteiger partial charge on any atom is -0.468 e. The monoisotopic (exact) mass is 237 g/mol. The molecule has 0 spiro atoms. The van der Waals surface area contributed by atoms with Crippen LogP contribution in [0.4, 0.5) is 0 Å². The summed E-state index contributed by atoms with van der Waals surface area (Å²) in [7, 11) is -0.890. The molecule has 0 bridgehead atoms. The molecule has 1 unspecified atom stereocenters. The van der Waals surface area contributed by atoms with E-state index in [-0.39, 0.29) is 6.54 Å². The molecule has 0 saturated heterocycles. The maximum absolute atomic E-state index is 11.5. The van der Waals surface area contributed by atoms with Crippen LogP contribution in [0.5, 0.6) is 0 Å². The number of esters is 1. The van der Waals surface area contributed by atoms with E-state index < -0.39 is 27.0 Å². The Balaban J connectivity index is 4.53. The van der Waals surface area contributed by atoms with E-state index >= 15 is 0 Å². The summed E-state index contributed by atoms with van der Waals surface area (Å²) in [6, 6.07) is 0. The predicted molar refractivity (Wildman–Crippen MR) is 54.0 cm³/mol. The highest BCUT2D eigenvalue weighted by atomic mass is 32.2. The highest BCUT2D eigenvalue weighted by Gasteiger charge is 2.27. The fourth-order valence-electron chi connectivity index (χ4n) is 0.830. The van der Waals surface area contributed by atoms with Gasteiger partial charge in [0.15, 0.2) is 9.84 Å². The highest BCUT2D eigenvalue weighted by Crippen LogP contribution is 2.02. The largest absolute Gasteiger partial charge is 0.468 e. The van der Waals surface area contributed by atoms with Crippen molar-refractivity contribution in [3.8, 4) is 0 Å². The number of carbonyl (C=O) groups is 2. The molecule has 1 amide bonds. The van der Waals surface area contributed by atoms with Crippen molar-refractivity contribution in [2.75, 3.05) is 27.0 Å². The van der Waals surface area contributed by atoms with Crippen molar-refractivity contribution in [2.45, 2.75) is 12.2 Å². The smallest absolute Gasteiger partial charge is 0.325 e. The molecule has 0 radical (unpaired) electrons. The number of carbonyl (C=O) groups excluding carboxylic acids is 2. The normalized spacial score (nSPS) is 13.1. The van der Waals surface area contributed by atoms with E-state index in [1.165, 1.54) is 21.1 Å². The van der Waals surface area contributed by atoms with Crippen molar-refractivity contribution in [1.29, 1.82) is 0 Å². The van der Waals surface area contributed by atoms with Crippen LogP contribution in [-0.4, -0.2) is 57.4 Å². The number of likely N-dealkylation sites (N-methyl/N-ethyl adjacent to an activating group) is 1. The van der Waals surface area contributed by atoms with Gasteiger partial charge in [0.05, 0.1) is 7.11 Å². The minimum absolute atomic E-state index is 0.255. The summed E-state index contributed by atoms with van der Waals surface area (Å²) in [6.07, 6.45) is 0.974. The zero-order valence-electron chi connectivity index (χ0n) is 9.18. The fraction of sp³-hybridized carbons (Fsp3) is 0.750. The molecule has 0 N–H and O–H groups in total. The van der Waals surface area contributed by atoms with Crippen LogP contribution in [0.1, 0.15) is 6.92 Å². The number of ether oxygens (including phenoxy) is 1. The van der Waals surface area contributed by atoms with Gasteiger partial charge in [-0.2, -0.15) is 0 Å². The number of hydrogen-bond donors (Lipinski definition) is 0. The summed E-state index contributed by atoms with van der Waals surface area (Å²) in [6.45, 7) is 1.03. The second-order valence-electron chi connectivity index (χ2n) is 3.24. The van der Waals surface area contributed by atoms with Crippen LogP contribution in [0, 0.1) is 0 Å². The molecule has 6 nitrogen and oxygen atoms in total. The Kier molecular flexibility index (Phi) is 4.73. The van der Waals surface area contributed by atoms with Crippen molar-refractivity contribution in [3.05, 3.63) is 0 Å². The van der Waals surface area contributed by atoms with Gasteiger partial charge in [-0.1, -0.05) is 0 Å². The molecule has 88 valence electrons. The van der Waals surface area contributed by atoms with Gasteiger partial charge < -0.3 is 9.64 Å². The molecular formula is C8H15NO5S. The Bertz CT molecular complexity index is 348. The number of methoxy groups -OCH3 is 1. The lowest BCUT2D eigenvalue weighted by atomic mass is 10.4. The lowest BCUT2D eigenvalue weighted by molar-refractivity contribution is -0.145. The topological polar surface area (TPSA) is 80.8 Å². The van der Waals surface area contributed by atoms with Crippen molar-refractivity contribution in [1.82, 2.24) is 4.90 Å². The zero-order chi connectivity index (χ0) is 12.2. The number of hydrogen-bond acceptors (Lipinski definition) is 5. The van der Waals surface area contributed by atoms with Gasteiger partial charge in [-0.15, -0.1) is 0 Å². The van der Waals surface area contributed by atoms with Crippen molar-refractivity contribution >= 4 is 21.7 Å². The first-order valence-corrected chi connectivity index (χ1v) is 6.16. The maximum atomic E-state index is 11.5. The van der Waals surface area contributed by atoms with Gasteiger partial charge in [0, 0.05) is 13.3 Å². The summed E-state index contributed by atoms with van der Waals surface area (Å²) in [5.74, 6) is -1.21. The highest BCUT2D eigenvalue weighted by molar-refractivity contribution is 7.92. The first kappa shape index (κ1) is 13.9. The van der Waals surface area contributed by atoms with Crippen LogP contribution in [0.3, 0.4) is 0 Å². The van der Waals surface area contributed by atoms with Crippen LogP contribution in [0.15, 0.2) is 0 Å². The molecule has 0 heterocycles. The second-order valence-corrected chi connectivity index (χ2v) is 5.61. The summed E-state index contributed by atoms with van der Waals surface area (Å²) in [5, 5.41) is -1.15. The van der Waals surface area contributed by atoms with Crippen LogP contribution < -0.4 is 0 Å². The number of amides is 1. The van der Waals surface area contributed by atoms with Crippen molar-refractivity contribution < 1.29 is 22.7 Å². The molecule has 0 aromatic carbocycles. The lowest BCUT2D eigenvalue weighted by Gasteiger charge is -2.18. The quantitative estimate of drug-likeness (QED) is 0.589. The van der Waals surface area contributed by atoms with Gasteiger partial charge >= 0.3 is 5.97 Å². The van der Waals surface area contributed by atoms with Crippen LogP contribution in [-0.2, 0) is 24.2 Å². The van der Waals surface area contributed by atoms with Crippen LogP contribution in [0.2, 0.25) is 0 Å². The molecule has 0 fully saturated rings. The third kappa shape index (κ3) is 4.28. The Hall–Kier alpha value is -1.11. The Labute approximate surface area is 89.1 Å². The zero-order valence-corrected chi connectivity index (χ0v) is 10.00. The van der Waals surface area contributed by atoms with Gasteiger partial charge in [-0.05, 0) is 6.92 Å². The van der Waals surface area contributed by atoms with E-state index in [1.807, 2.05) is 0 Å². The first-order chi connectivity index (χ1) is 6.70. The van der Waals surface area contributed by atoms with E-state index in [0.29, 0.717) is 0 Å². The van der Waals surface area contributed by atoms with E-state index in [4.69, 9.17) is 0 Å². The predicted octanol–water partition coefficient (Wildman–Crippen LogP) is -0.949. The molecular weight excluding hydrogens is 222 g/mol. The third-order valence-corrected chi connectivity index (χ3v) is 3.45. The Morgan fingerprint density at radius 3 is 2.20 bits per heavy atom. The van der Waals surface area contributed by atoms with E-state index in [0.717, 1.165) is 11.2 Å². The minimum atomic E-state index is -3.43. The van der Waals surface area contributed by atoms with Crippen molar-refractivity contribution in [3.63, 3.8) is 0 Å². The Morgan fingerprint density at radius 1 is 1.40 bits per heavy atom. The van der Waals surface area contributed by atoms with E-state index in [9.17, 15) is 18.0 Å². The molecule has 0 aromatic heterocycles. The molecule has 15 heavy (non-hydrogen) atoms. The summed E-state index contributed by atoms with van der Waals surface area (Å²) in [4.78, 5) is 23.3. The molecule has 0 aromatic rings. The molecule has 0 saturated carbocycles. The molecule has 0 aliphatic rings. The average Bonchev–Trinajstić information content (AvgIpc) is 2.13. The number of rotatable bonds is 4. The number of sulfone groups is 1. The summed E-state index contributed by atoms with van der Waals surface area (Å²) < 4.78 is 26.5. The first-order valence-electron chi connectivity index (χ1n) is 4.20. The maximum Gasteiger partial charge on any atom is 0.325 e. The summed E-state index contributed by atoms with van der Waals surface area (Å²) in [5.41, 5.74) is 0. The molecule has 1 atom stereocenters. The van der Waals surface area contributed by atoms with Crippen LogP contribution >= 0.6 is 0 Å². The van der Waals surface area contributed by atoms with Gasteiger partial charge in [-0.3, -0.25) is 9.59 Å². The average molecular weight is 237 g/mol. The Morgan fingerprint density at radius 2 is 1.87 bits per heavy atom. The molecule has 0 rings (SSSR count). The lowest BCUT2D eigenvalue weighted by Crippen LogP contribution is -2.41. The summed E-state index contributed by atoms with van der Waals surface area (Å²) >= 11 is 0. The third-order valence-electron chi connectivity index (χ3n) is 1.96. The van der Waals surface area contributed by atoms with E-state index in [2.05, 4.69) is 4.74 Å². The molecule has 0 aliphatic heterocycles. The molecule has 0 aliphatic carbocycles. The number of nitrogens with zero attached hydrogens (tertiary/aromatic N) is 1. The molecule has 7 heteroatoms.